The molecular weight excluding hydrogens is 398 g/mol. The molecule has 0 bridgehead atoms. The molecule has 1 aromatic carbocycles. The summed E-state index contributed by atoms with van der Waals surface area (Å²) in [4.78, 5) is 40.9. The van der Waals surface area contributed by atoms with Crippen LogP contribution in [0, 0.1) is 0 Å². The van der Waals surface area contributed by atoms with E-state index >= 15 is 0 Å². The number of amides is 2. The summed E-state index contributed by atoms with van der Waals surface area (Å²) < 4.78 is 23.8. The van der Waals surface area contributed by atoms with Gasteiger partial charge in [0.15, 0.2) is 9.84 Å². The third kappa shape index (κ3) is 2.73. The molecule has 1 aromatic heterocycles. The molecule has 0 saturated carbocycles. The highest BCUT2D eigenvalue weighted by Crippen LogP contribution is 2.45. The number of fused-ring (bicyclic) bond motifs is 2. The molecule has 2 aromatic rings. The molecule has 0 aliphatic carbocycles. The molecule has 154 valence electrons. The van der Waals surface area contributed by atoms with E-state index in [0.29, 0.717) is 5.56 Å². The first-order valence-electron chi connectivity index (χ1n) is 9.18. The van der Waals surface area contributed by atoms with Gasteiger partial charge in [0.25, 0.3) is 0 Å². The number of nitrogens with zero attached hydrogens (tertiary/aromatic N) is 1. The second kappa shape index (κ2) is 6.31. The van der Waals surface area contributed by atoms with Gasteiger partial charge in [-0.15, -0.1) is 0 Å². The number of para-hydroxylation sites is 1. The van der Waals surface area contributed by atoms with Crippen LogP contribution in [0.4, 0.5) is 0 Å². The molecule has 3 atom stereocenters. The standard InChI is InChI=1S/C19H21N3O6S/c1-19(2)16(22-14(23)8-15(22)29(19,27)28)17(24)21-13(18(25)26)7-10-9-20-12-6-4-3-5-11(10)12/h3-6,9,13,15-16,20H,7-8H2,1-2H3,(H,21,24)(H,25,26)/t13-,15+,16+/m1/s1. The van der Waals surface area contributed by atoms with Crippen LogP contribution in [0.3, 0.4) is 0 Å². The van der Waals surface area contributed by atoms with Crippen LogP contribution in [-0.2, 0) is 30.6 Å². The van der Waals surface area contributed by atoms with E-state index in [1.165, 1.54) is 13.8 Å². The Bertz CT molecular complexity index is 1140. The van der Waals surface area contributed by atoms with E-state index in [-0.39, 0.29) is 12.8 Å². The summed E-state index contributed by atoms with van der Waals surface area (Å²) in [6.07, 6.45) is 1.56. The maximum absolute atomic E-state index is 13.0. The minimum Gasteiger partial charge on any atom is -0.480 e. The van der Waals surface area contributed by atoms with E-state index in [1.54, 1.807) is 6.20 Å². The van der Waals surface area contributed by atoms with Crippen LogP contribution >= 0.6 is 0 Å². The van der Waals surface area contributed by atoms with Gasteiger partial charge < -0.3 is 20.3 Å². The van der Waals surface area contributed by atoms with Crippen LogP contribution in [0.5, 0.6) is 0 Å². The monoisotopic (exact) mass is 419 g/mol. The van der Waals surface area contributed by atoms with Crippen molar-refractivity contribution in [1.29, 1.82) is 0 Å². The predicted molar refractivity (Wildman–Crippen MR) is 104 cm³/mol. The highest BCUT2D eigenvalue weighted by Gasteiger charge is 2.67. The van der Waals surface area contributed by atoms with E-state index in [0.717, 1.165) is 15.8 Å². The normalized spacial score (nSPS) is 25.3. The Labute approximate surface area is 167 Å². The number of carbonyl (C=O) groups is 3. The van der Waals surface area contributed by atoms with Gasteiger partial charge in [0, 0.05) is 23.5 Å². The van der Waals surface area contributed by atoms with Crippen LogP contribution in [0.1, 0.15) is 25.8 Å². The van der Waals surface area contributed by atoms with Crippen molar-refractivity contribution in [2.45, 2.75) is 48.9 Å². The summed E-state index contributed by atoms with van der Waals surface area (Å²) in [7, 11) is -3.74. The molecule has 0 radical (unpaired) electrons. The van der Waals surface area contributed by atoms with Crippen molar-refractivity contribution in [3.63, 3.8) is 0 Å². The lowest BCUT2D eigenvalue weighted by atomic mass is 9.96. The van der Waals surface area contributed by atoms with Crippen LogP contribution in [0.2, 0.25) is 0 Å². The molecule has 2 aliphatic heterocycles. The summed E-state index contributed by atoms with van der Waals surface area (Å²) in [5.41, 5.74) is 1.56. The Balaban J connectivity index is 1.60. The number of carbonyl (C=O) groups excluding carboxylic acids is 2. The van der Waals surface area contributed by atoms with E-state index in [9.17, 15) is 27.9 Å². The molecule has 9 nitrogen and oxygen atoms in total. The van der Waals surface area contributed by atoms with Crippen molar-refractivity contribution in [3.05, 3.63) is 36.0 Å². The van der Waals surface area contributed by atoms with Gasteiger partial charge in [-0.3, -0.25) is 9.59 Å². The van der Waals surface area contributed by atoms with Crippen molar-refractivity contribution in [1.82, 2.24) is 15.2 Å². The smallest absolute Gasteiger partial charge is 0.326 e. The number of carboxylic acids is 1. The maximum atomic E-state index is 13.0. The first-order chi connectivity index (χ1) is 13.6. The van der Waals surface area contributed by atoms with Crippen molar-refractivity contribution in [3.8, 4) is 0 Å². The first kappa shape index (κ1) is 19.4. The summed E-state index contributed by atoms with van der Waals surface area (Å²) >= 11 is 0. The average molecular weight is 419 g/mol. The van der Waals surface area contributed by atoms with Gasteiger partial charge >= 0.3 is 5.97 Å². The van der Waals surface area contributed by atoms with Gasteiger partial charge in [0.2, 0.25) is 11.8 Å². The molecule has 4 rings (SSSR count). The third-order valence-corrected chi connectivity index (χ3v) is 8.74. The molecule has 0 spiro atoms. The molecular formula is C19H21N3O6S. The summed E-state index contributed by atoms with van der Waals surface area (Å²) in [5.74, 6) is -2.44. The number of sulfone groups is 1. The lowest BCUT2D eigenvalue weighted by Gasteiger charge is -2.37. The fraction of sp³-hybridized carbons (Fsp3) is 0.421. The van der Waals surface area contributed by atoms with Crippen molar-refractivity contribution >= 4 is 38.5 Å². The topological polar surface area (TPSA) is 137 Å². The number of hydrogen-bond donors (Lipinski definition) is 3. The van der Waals surface area contributed by atoms with Crippen molar-refractivity contribution < 1.29 is 27.9 Å². The molecule has 3 N–H and O–H groups in total. The fourth-order valence-corrected chi connectivity index (χ4v) is 6.36. The van der Waals surface area contributed by atoms with Gasteiger partial charge in [0.1, 0.15) is 17.5 Å². The second-order valence-electron chi connectivity index (χ2n) is 7.97. The Morgan fingerprint density at radius 2 is 2.03 bits per heavy atom. The molecule has 3 heterocycles. The fourth-order valence-electron chi connectivity index (χ4n) is 4.23. The van der Waals surface area contributed by atoms with Gasteiger partial charge in [-0.1, -0.05) is 18.2 Å². The number of β-lactam (4-membered cyclic amide) rings is 1. The number of H-pyrrole nitrogens is 1. The first-order valence-corrected chi connectivity index (χ1v) is 10.7. The summed E-state index contributed by atoms with van der Waals surface area (Å²) in [6.45, 7) is 2.79. The minimum absolute atomic E-state index is 0.0162. The predicted octanol–water partition coefficient (Wildman–Crippen LogP) is 0.414. The molecule has 2 aliphatic rings. The zero-order valence-corrected chi connectivity index (χ0v) is 16.7. The van der Waals surface area contributed by atoms with E-state index in [2.05, 4.69) is 10.3 Å². The number of nitrogens with one attached hydrogen (secondary N) is 2. The Hall–Kier alpha value is -2.88. The van der Waals surface area contributed by atoms with Crippen LogP contribution in [-0.4, -0.2) is 63.4 Å². The highest BCUT2D eigenvalue weighted by molar-refractivity contribution is 7.93. The third-order valence-electron chi connectivity index (χ3n) is 5.94. The number of aromatic amines is 1. The number of aliphatic carboxylic acids is 1. The number of benzene rings is 1. The molecule has 10 heteroatoms. The SMILES string of the molecule is CC1(C)[C@H](C(=O)N[C@H](Cc2c[nH]c3ccccc23)C(=O)O)N2C(=O)C[C@@H]2S1(=O)=O. The average Bonchev–Trinajstić information content (AvgIpc) is 3.10. The van der Waals surface area contributed by atoms with Crippen LogP contribution in [0.15, 0.2) is 30.5 Å². The van der Waals surface area contributed by atoms with Gasteiger partial charge in [0.05, 0.1) is 11.2 Å². The number of rotatable bonds is 5. The number of carboxylic acid groups (broad SMARTS) is 1. The Morgan fingerprint density at radius 1 is 1.34 bits per heavy atom. The van der Waals surface area contributed by atoms with E-state index in [1.807, 2.05) is 24.3 Å². The van der Waals surface area contributed by atoms with Crippen LogP contribution < -0.4 is 5.32 Å². The number of hydrogen-bond acceptors (Lipinski definition) is 5. The Morgan fingerprint density at radius 3 is 2.69 bits per heavy atom. The summed E-state index contributed by atoms with van der Waals surface area (Å²) in [5, 5.41) is 11.9. The molecule has 2 amide bonds. The number of aromatic nitrogens is 1. The minimum atomic E-state index is -3.74. The molecule has 29 heavy (non-hydrogen) atoms. The molecule has 2 fully saturated rings. The molecule has 0 unspecified atom stereocenters. The van der Waals surface area contributed by atoms with Crippen molar-refractivity contribution in [2.24, 2.45) is 0 Å². The zero-order chi connectivity index (χ0) is 21.1. The molecule has 2 saturated heterocycles. The van der Waals surface area contributed by atoms with E-state index < -0.39 is 49.8 Å². The maximum Gasteiger partial charge on any atom is 0.326 e. The van der Waals surface area contributed by atoms with Gasteiger partial charge in [-0.2, -0.15) is 0 Å². The quantitative estimate of drug-likeness (QED) is 0.601. The largest absolute Gasteiger partial charge is 0.480 e. The second-order valence-corrected chi connectivity index (χ2v) is 10.7. The Kier molecular flexibility index (Phi) is 4.23. The lowest BCUT2D eigenvalue weighted by molar-refractivity contribution is -0.151. The van der Waals surface area contributed by atoms with Gasteiger partial charge in [-0.05, 0) is 25.5 Å². The van der Waals surface area contributed by atoms with Gasteiger partial charge in [-0.25, -0.2) is 13.2 Å². The zero-order valence-electron chi connectivity index (χ0n) is 15.9. The lowest BCUT2D eigenvalue weighted by Crippen LogP contribution is -2.61. The van der Waals surface area contributed by atoms with Crippen molar-refractivity contribution in [2.75, 3.05) is 0 Å². The summed E-state index contributed by atoms with van der Waals surface area (Å²) in [6, 6.07) is 4.85. The van der Waals surface area contributed by atoms with E-state index in [4.69, 9.17) is 0 Å². The highest BCUT2D eigenvalue weighted by atomic mass is 32.2. The van der Waals surface area contributed by atoms with Crippen LogP contribution in [0.25, 0.3) is 10.9 Å².